The van der Waals surface area contributed by atoms with E-state index in [0.29, 0.717) is 5.57 Å². The van der Waals surface area contributed by atoms with Crippen LogP contribution in [0.3, 0.4) is 0 Å². The second-order valence-corrected chi connectivity index (χ2v) is 8.92. The smallest absolute Gasteiger partial charge is 0.334 e. The van der Waals surface area contributed by atoms with Crippen molar-refractivity contribution < 1.29 is 33.9 Å². The summed E-state index contributed by atoms with van der Waals surface area (Å²) in [4.78, 5) is 35.8. The molecule has 148 valence electrons. The molecular formula is C20H26O7. The van der Waals surface area contributed by atoms with Crippen LogP contribution in [0.25, 0.3) is 0 Å². The molecule has 7 nitrogen and oxygen atoms in total. The molecule has 0 amide bonds. The third-order valence-corrected chi connectivity index (χ3v) is 6.51. The first kappa shape index (κ1) is 18.7. The lowest BCUT2D eigenvalue weighted by Gasteiger charge is -2.43. The molecule has 1 saturated carbocycles. The van der Waals surface area contributed by atoms with Gasteiger partial charge in [0.05, 0.1) is 5.92 Å². The number of aliphatic hydroxyl groups is 1. The van der Waals surface area contributed by atoms with Gasteiger partial charge in [0.1, 0.15) is 23.4 Å². The zero-order chi connectivity index (χ0) is 19.8. The highest BCUT2D eigenvalue weighted by molar-refractivity contribution is 5.91. The normalized spacial score (nSPS) is 47.6. The molecule has 0 aromatic carbocycles. The van der Waals surface area contributed by atoms with E-state index in [0.717, 1.165) is 0 Å². The molecule has 4 rings (SSSR count). The zero-order valence-electron chi connectivity index (χ0n) is 16.1. The standard InChI is InChI=1S/C20H26O7/c1-10(2)8-14(21)24-13-9-12-11(3)17(22)25-15(12)16-18(4)6-7-20(16,27-26-18)19(13,5)23/h6-7,10,12-13,15-16,23H,3,8-9H2,1-2,4-5H3/t12-,13+,15-,16+,18+,19+,20-/m0/s1. The monoisotopic (exact) mass is 378 g/mol. The molecule has 2 bridgehead atoms. The van der Waals surface area contributed by atoms with Gasteiger partial charge in [-0.05, 0) is 32.3 Å². The quantitative estimate of drug-likeness (QED) is 0.347. The summed E-state index contributed by atoms with van der Waals surface area (Å²) in [5, 5.41) is 11.6. The van der Waals surface area contributed by atoms with Crippen LogP contribution in [0.2, 0.25) is 0 Å². The lowest BCUT2D eigenvalue weighted by molar-refractivity contribution is -0.366. The van der Waals surface area contributed by atoms with Crippen molar-refractivity contribution in [2.75, 3.05) is 0 Å². The number of ether oxygens (including phenoxy) is 2. The molecule has 2 aliphatic carbocycles. The van der Waals surface area contributed by atoms with E-state index in [1.165, 1.54) is 0 Å². The fraction of sp³-hybridized carbons (Fsp3) is 0.700. The van der Waals surface area contributed by atoms with Crippen LogP contribution >= 0.6 is 0 Å². The predicted octanol–water partition coefficient (Wildman–Crippen LogP) is 1.84. The average Bonchev–Trinajstić information content (AvgIpc) is 3.11. The molecule has 2 aliphatic heterocycles. The van der Waals surface area contributed by atoms with Gasteiger partial charge >= 0.3 is 11.9 Å². The highest BCUT2D eigenvalue weighted by Gasteiger charge is 2.76. The molecule has 7 heteroatoms. The van der Waals surface area contributed by atoms with Crippen LogP contribution in [0.1, 0.15) is 40.5 Å². The Morgan fingerprint density at radius 3 is 2.67 bits per heavy atom. The van der Waals surface area contributed by atoms with E-state index in [4.69, 9.17) is 19.2 Å². The van der Waals surface area contributed by atoms with E-state index in [1.54, 1.807) is 13.0 Å². The minimum Gasteiger partial charge on any atom is -0.459 e. The molecule has 0 aromatic rings. The number of carbonyl (C=O) groups is 2. The van der Waals surface area contributed by atoms with Crippen molar-refractivity contribution >= 4 is 11.9 Å². The molecule has 0 spiro atoms. The van der Waals surface area contributed by atoms with Gasteiger partial charge in [-0.25, -0.2) is 14.6 Å². The van der Waals surface area contributed by atoms with Gasteiger partial charge in [-0.2, -0.15) is 0 Å². The van der Waals surface area contributed by atoms with Crippen molar-refractivity contribution in [2.24, 2.45) is 17.8 Å². The Kier molecular flexibility index (Phi) is 3.91. The Bertz CT molecular complexity index is 739. The van der Waals surface area contributed by atoms with Crippen LogP contribution < -0.4 is 0 Å². The lowest BCUT2D eigenvalue weighted by atomic mass is 9.70. The van der Waals surface area contributed by atoms with E-state index in [-0.39, 0.29) is 18.8 Å². The van der Waals surface area contributed by atoms with E-state index < -0.39 is 52.8 Å². The van der Waals surface area contributed by atoms with Gasteiger partial charge in [0.15, 0.2) is 5.60 Å². The zero-order valence-corrected chi connectivity index (χ0v) is 16.1. The Hall–Kier alpha value is -1.70. The second kappa shape index (κ2) is 5.65. The maximum Gasteiger partial charge on any atom is 0.334 e. The maximum absolute atomic E-state index is 12.4. The van der Waals surface area contributed by atoms with Crippen LogP contribution in [-0.4, -0.2) is 46.1 Å². The maximum atomic E-state index is 12.4. The molecule has 2 saturated heterocycles. The van der Waals surface area contributed by atoms with Gasteiger partial charge in [-0.3, -0.25) is 4.79 Å². The van der Waals surface area contributed by atoms with Crippen molar-refractivity contribution in [3.8, 4) is 0 Å². The van der Waals surface area contributed by atoms with Gasteiger partial charge in [0.2, 0.25) is 0 Å². The first-order valence-corrected chi connectivity index (χ1v) is 9.41. The SMILES string of the molecule is C=C1C(=O)O[C@@H]2[C@@H]3[C@@]4(C)C=C[C@@]3(OO4)[C@](C)(O)[C@H](OC(=O)CC(C)C)C[C@@H]12. The number of rotatable bonds is 3. The first-order valence-electron chi connectivity index (χ1n) is 9.41. The topological polar surface area (TPSA) is 91.3 Å². The number of esters is 2. The number of hydrogen-bond donors (Lipinski definition) is 1. The summed E-state index contributed by atoms with van der Waals surface area (Å²) in [6, 6.07) is 0. The van der Waals surface area contributed by atoms with Crippen LogP contribution in [0.4, 0.5) is 0 Å². The highest BCUT2D eigenvalue weighted by atomic mass is 17.2. The number of hydrogen-bond acceptors (Lipinski definition) is 7. The molecule has 4 aliphatic rings. The van der Waals surface area contributed by atoms with Crippen LogP contribution in [0.5, 0.6) is 0 Å². The lowest BCUT2D eigenvalue weighted by Crippen LogP contribution is -2.62. The van der Waals surface area contributed by atoms with E-state index in [2.05, 4.69) is 6.58 Å². The van der Waals surface area contributed by atoms with Crippen molar-refractivity contribution in [2.45, 2.75) is 69.5 Å². The third-order valence-electron chi connectivity index (χ3n) is 6.51. The molecule has 7 atom stereocenters. The van der Waals surface area contributed by atoms with Gasteiger partial charge in [0.25, 0.3) is 0 Å². The van der Waals surface area contributed by atoms with Crippen molar-refractivity contribution in [1.29, 1.82) is 0 Å². The molecule has 3 fully saturated rings. The largest absolute Gasteiger partial charge is 0.459 e. The van der Waals surface area contributed by atoms with Crippen LogP contribution in [0, 0.1) is 17.8 Å². The molecule has 2 heterocycles. The van der Waals surface area contributed by atoms with Gasteiger partial charge in [-0.15, -0.1) is 0 Å². The first-order chi connectivity index (χ1) is 12.5. The minimum absolute atomic E-state index is 0.124. The summed E-state index contributed by atoms with van der Waals surface area (Å²) in [7, 11) is 0. The predicted molar refractivity (Wildman–Crippen MR) is 93.0 cm³/mol. The average molecular weight is 378 g/mol. The summed E-state index contributed by atoms with van der Waals surface area (Å²) in [5.74, 6) is -1.61. The Morgan fingerprint density at radius 2 is 2.07 bits per heavy atom. The van der Waals surface area contributed by atoms with Gasteiger partial charge in [-0.1, -0.05) is 26.5 Å². The second-order valence-electron chi connectivity index (χ2n) is 8.92. The number of fused-ring (bicyclic) bond motifs is 1. The molecule has 0 radical (unpaired) electrons. The minimum atomic E-state index is -1.58. The molecular weight excluding hydrogens is 352 g/mol. The summed E-state index contributed by atoms with van der Waals surface area (Å²) >= 11 is 0. The van der Waals surface area contributed by atoms with Crippen LogP contribution in [0.15, 0.2) is 24.3 Å². The number of carbonyl (C=O) groups excluding carboxylic acids is 2. The fourth-order valence-electron chi connectivity index (χ4n) is 5.00. The fourth-order valence-corrected chi connectivity index (χ4v) is 5.00. The highest BCUT2D eigenvalue weighted by Crippen LogP contribution is 2.61. The van der Waals surface area contributed by atoms with Gasteiger partial charge in [0, 0.05) is 17.9 Å². The summed E-state index contributed by atoms with van der Waals surface area (Å²) < 4.78 is 11.3. The van der Waals surface area contributed by atoms with E-state index in [9.17, 15) is 14.7 Å². The Labute approximate surface area is 158 Å². The van der Waals surface area contributed by atoms with Crippen molar-refractivity contribution in [3.05, 3.63) is 24.3 Å². The molecule has 0 aromatic heterocycles. The summed E-state index contributed by atoms with van der Waals surface area (Å²) in [6.07, 6.45) is 2.56. The summed E-state index contributed by atoms with van der Waals surface area (Å²) in [5.41, 5.74) is -3.39. The third kappa shape index (κ3) is 2.38. The van der Waals surface area contributed by atoms with E-state index in [1.807, 2.05) is 26.8 Å². The molecule has 0 unspecified atom stereocenters. The molecule has 1 N–H and O–H groups in total. The summed E-state index contributed by atoms with van der Waals surface area (Å²) in [6.45, 7) is 11.1. The Morgan fingerprint density at radius 1 is 1.37 bits per heavy atom. The van der Waals surface area contributed by atoms with Crippen molar-refractivity contribution in [3.63, 3.8) is 0 Å². The van der Waals surface area contributed by atoms with Crippen LogP contribution in [-0.2, 0) is 28.8 Å². The van der Waals surface area contributed by atoms with Crippen molar-refractivity contribution in [1.82, 2.24) is 0 Å². The van der Waals surface area contributed by atoms with Gasteiger partial charge < -0.3 is 14.6 Å². The molecule has 27 heavy (non-hydrogen) atoms. The Balaban J connectivity index is 1.77. The van der Waals surface area contributed by atoms with E-state index >= 15 is 0 Å².